The summed E-state index contributed by atoms with van der Waals surface area (Å²) in [7, 11) is 3.68. The Morgan fingerprint density at radius 1 is 1.38 bits per heavy atom. The molecule has 0 aromatic heterocycles. The third-order valence-electron chi connectivity index (χ3n) is 8.79. The van der Waals surface area contributed by atoms with Gasteiger partial charge in [-0.15, -0.1) is 0 Å². The van der Waals surface area contributed by atoms with E-state index in [0.29, 0.717) is 24.9 Å². The maximum Gasteiger partial charge on any atom is 0.309 e. The van der Waals surface area contributed by atoms with Crippen molar-refractivity contribution in [2.75, 3.05) is 33.9 Å². The molecule has 29 heavy (non-hydrogen) atoms. The number of nitrogens with zero attached hydrogens (tertiary/aromatic N) is 1. The minimum atomic E-state index is -0.200. The van der Waals surface area contributed by atoms with Crippen molar-refractivity contribution >= 4 is 11.8 Å². The van der Waals surface area contributed by atoms with Gasteiger partial charge < -0.3 is 14.4 Å². The first kappa shape index (κ1) is 19.3. The highest BCUT2D eigenvalue weighted by molar-refractivity contribution is 6.01. The summed E-state index contributed by atoms with van der Waals surface area (Å²) in [6.45, 7) is 7.02. The van der Waals surface area contributed by atoms with Crippen molar-refractivity contribution in [1.82, 2.24) is 4.90 Å². The Hall–Kier alpha value is -1.62. The monoisotopic (exact) mass is 399 g/mol. The van der Waals surface area contributed by atoms with Crippen molar-refractivity contribution in [2.45, 2.75) is 46.0 Å². The molecule has 2 spiro atoms. The molecule has 2 fully saturated rings. The van der Waals surface area contributed by atoms with E-state index in [2.05, 4.69) is 31.9 Å². The topological polar surface area (TPSA) is 55.8 Å². The summed E-state index contributed by atoms with van der Waals surface area (Å²) in [6, 6.07) is 0. The molecule has 0 unspecified atom stereocenters. The number of methoxy groups -OCH3 is 1. The molecular weight excluding hydrogens is 366 g/mol. The quantitative estimate of drug-likeness (QED) is 0.667. The van der Waals surface area contributed by atoms with Crippen LogP contribution in [0.25, 0.3) is 0 Å². The van der Waals surface area contributed by atoms with Gasteiger partial charge in [-0.2, -0.15) is 0 Å². The average Bonchev–Trinajstić information content (AvgIpc) is 3.17. The fraction of sp³-hybridized carbons (Fsp3) is 0.750. The summed E-state index contributed by atoms with van der Waals surface area (Å²) in [5.41, 5.74) is 2.18. The Labute approximate surface area is 173 Å². The van der Waals surface area contributed by atoms with Crippen LogP contribution in [0.1, 0.15) is 46.0 Å². The average molecular weight is 400 g/mol. The predicted octanol–water partition coefficient (Wildman–Crippen LogP) is 3.35. The largest absolute Gasteiger partial charge is 0.497 e. The zero-order chi connectivity index (χ0) is 20.6. The van der Waals surface area contributed by atoms with Gasteiger partial charge in [0.1, 0.15) is 0 Å². The van der Waals surface area contributed by atoms with Crippen LogP contribution in [0.4, 0.5) is 0 Å². The van der Waals surface area contributed by atoms with Crippen LogP contribution in [-0.2, 0) is 19.1 Å². The number of hydrogen-bond acceptors (Lipinski definition) is 5. The lowest BCUT2D eigenvalue weighted by Crippen LogP contribution is -2.61. The lowest BCUT2D eigenvalue weighted by molar-refractivity contribution is -0.149. The van der Waals surface area contributed by atoms with Gasteiger partial charge in [0.25, 0.3) is 0 Å². The number of Topliss-reactive ketones (excluding diaryl/α,β-unsaturated/α-hetero) is 1. The number of carbonyl (C=O) groups is 2. The minimum Gasteiger partial charge on any atom is -0.497 e. The normalized spacial score (nSPS) is 41.3. The Kier molecular flexibility index (Phi) is 4.29. The van der Waals surface area contributed by atoms with Crippen molar-refractivity contribution in [2.24, 2.45) is 34.5 Å². The van der Waals surface area contributed by atoms with Crippen molar-refractivity contribution < 1.29 is 19.1 Å². The van der Waals surface area contributed by atoms with Crippen molar-refractivity contribution in [3.05, 3.63) is 23.0 Å². The summed E-state index contributed by atoms with van der Waals surface area (Å²) in [6.07, 6.45) is 6.50. The number of allylic oxidation sites excluding steroid dienone is 3. The molecule has 2 bridgehead atoms. The first-order chi connectivity index (χ1) is 13.8. The summed E-state index contributed by atoms with van der Waals surface area (Å²) in [4.78, 5) is 28.2. The molecule has 5 aliphatic rings. The van der Waals surface area contributed by atoms with Gasteiger partial charge in [-0.25, -0.2) is 0 Å². The van der Waals surface area contributed by atoms with E-state index < -0.39 is 0 Å². The lowest BCUT2D eigenvalue weighted by Gasteiger charge is -2.59. The summed E-state index contributed by atoms with van der Waals surface area (Å²) in [5.74, 6) is 1.92. The maximum atomic E-state index is 13.0. The van der Waals surface area contributed by atoms with Crippen LogP contribution in [0.3, 0.4) is 0 Å². The van der Waals surface area contributed by atoms with Gasteiger partial charge in [0.05, 0.1) is 25.4 Å². The smallest absolute Gasteiger partial charge is 0.309 e. The van der Waals surface area contributed by atoms with E-state index in [4.69, 9.17) is 9.47 Å². The van der Waals surface area contributed by atoms with Gasteiger partial charge >= 0.3 is 5.97 Å². The lowest BCUT2D eigenvalue weighted by atomic mass is 9.51. The molecule has 5 atom stereocenters. The number of carbonyl (C=O) groups excluding carboxylic acids is 2. The third kappa shape index (κ3) is 2.43. The first-order valence-electron chi connectivity index (χ1n) is 11.2. The van der Waals surface area contributed by atoms with Crippen LogP contribution >= 0.6 is 0 Å². The van der Waals surface area contributed by atoms with Crippen LogP contribution in [0, 0.1) is 34.5 Å². The number of rotatable bonds is 2. The van der Waals surface area contributed by atoms with Crippen molar-refractivity contribution in [1.29, 1.82) is 0 Å². The van der Waals surface area contributed by atoms with Crippen LogP contribution in [0.15, 0.2) is 23.0 Å². The summed E-state index contributed by atoms with van der Waals surface area (Å²) < 4.78 is 11.6. The SMILES string of the molecule is COC(=O)[C@@H]1C[C@@]23CN(C)C[C@@H](CCC4=C2[C@@H]1CC4=O)[C@@]31CC=C(C(C)C)OC1. The summed E-state index contributed by atoms with van der Waals surface area (Å²) in [5, 5.41) is 0. The molecule has 158 valence electrons. The van der Waals surface area contributed by atoms with E-state index in [1.165, 1.54) is 12.7 Å². The highest BCUT2D eigenvalue weighted by Crippen LogP contribution is 2.70. The highest BCUT2D eigenvalue weighted by atomic mass is 16.5. The predicted molar refractivity (Wildman–Crippen MR) is 109 cm³/mol. The van der Waals surface area contributed by atoms with Gasteiger partial charge in [0.2, 0.25) is 0 Å². The van der Waals surface area contributed by atoms with E-state index in [-0.39, 0.29) is 34.4 Å². The Balaban J connectivity index is 1.69. The molecule has 0 amide bonds. The van der Waals surface area contributed by atoms with Crippen molar-refractivity contribution in [3.8, 4) is 0 Å². The van der Waals surface area contributed by atoms with Gasteiger partial charge in [-0.05, 0) is 50.3 Å². The Morgan fingerprint density at radius 2 is 2.17 bits per heavy atom. The fourth-order valence-electron chi connectivity index (χ4n) is 7.65. The second-order valence-corrected chi connectivity index (χ2v) is 10.4. The number of likely N-dealkylation sites (tertiary alicyclic amines) is 1. The van der Waals surface area contributed by atoms with E-state index in [9.17, 15) is 9.59 Å². The minimum absolute atomic E-state index is 0.0272. The number of ether oxygens (including phenoxy) is 2. The molecule has 2 heterocycles. The Bertz CT molecular complexity index is 827. The van der Waals surface area contributed by atoms with E-state index in [0.717, 1.165) is 50.1 Å². The summed E-state index contributed by atoms with van der Waals surface area (Å²) >= 11 is 0. The molecule has 2 aliphatic heterocycles. The Morgan fingerprint density at radius 3 is 2.83 bits per heavy atom. The maximum absolute atomic E-state index is 13.0. The van der Waals surface area contributed by atoms with Gasteiger partial charge in [0, 0.05) is 42.2 Å². The zero-order valence-electron chi connectivity index (χ0n) is 18.1. The van der Waals surface area contributed by atoms with Gasteiger partial charge in [-0.1, -0.05) is 19.4 Å². The standard InChI is InChI=1S/C24H33NO4/c1-14(2)20-7-8-23(13-29-20)15-5-6-16-19(26)9-17-18(22(27)28-4)10-24(23,21(16)17)12-25(3)11-15/h7,14-15,17-18H,5-6,8-13H2,1-4H3/t15-,17-,18-,23+,24-/m1/s1. The zero-order valence-corrected chi connectivity index (χ0v) is 18.1. The van der Waals surface area contributed by atoms with E-state index in [1.807, 2.05) is 0 Å². The number of esters is 1. The molecule has 0 N–H and O–H groups in total. The molecule has 3 aliphatic carbocycles. The van der Waals surface area contributed by atoms with E-state index >= 15 is 0 Å². The number of hydrogen-bond donors (Lipinski definition) is 0. The fourth-order valence-corrected chi connectivity index (χ4v) is 7.65. The molecule has 1 saturated heterocycles. The van der Waals surface area contributed by atoms with Crippen LogP contribution in [-0.4, -0.2) is 50.5 Å². The molecule has 0 radical (unpaired) electrons. The number of ketones is 1. The second-order valence-electron chi connectivity index (χ2n) is 10.4. The molecule has 0 aromatic rings. The number of piperidine rings is 1. The van der Waals surface area contributed by atoms with Gasteiger partial charge in [-0.3, -0.25) is 9.59 Å². The first-order valence-corrected chi connectivity index (χ1v) is 11.2. The van der Waals surface area contributed by atoms with Crippen LogP contribution < -0.4 is 0 Å². The van der Waals surface area contributed by atoms with Crippen molar-refractivity contribution in [3.63, 3.8) is 0 Å². The third-order valence-corrected chi connectivity index (χ3v) is 8.79. The van der Waals surface area contributed by atoms with E-state index in [1.54, 1.807) is 0 Å². The van der Waals surface area contributed by atoms with Crippen LogP contribution in [0.2, 0.25) is 0 Å². The second kappa shape index (κ2) is 6.44. The molecule has 1 saturated carbocycles. The molecular formula is C24H33NO4. The highest BCUT2D eigenvalue weighted by Gasteiger charge is 2.69. The molecule has 0 aromatic carbocycles. The molecule has 5 heteroatoms. The van der Waals surface area contributed by atoms with Gasteiger partial charge in [0.15, 0.2) is 5.78 Å². The van der Waals surface area contributed by atoms with Crippen LogP contribution in [0.5, 0.6) is 0 Å². The molecule has 5 rings (SSSR count). The molecule has 5 nitrogen and oxygen atoms in total.